The summed E-state index contributed by atoms with van der Waals surface area (Å²) in [6, 6.07) is 22.7. The molecule has 0 heterocycles. The van der Waals surface area contributed by atoms with Crippen molar-refractivity contribution in [1.29, 1.82) is 0 Å². The zero-order chi connectivity index (χ0) is 34.9. The molecule has 2 atom stereocenters. The van der Waals surface area contributed by atoms with Crippen LogP contribution in [0.5, 0.6) is 5.75 Å². The number of carbonyl (C=O) groups is 4. The lowest BCUT2D eigenvalue weighted by molar-refractivity contribution is -0.145. The van der Waals surface area contributed by atoms with E-state index in [1.165, 1.54) is 7.11 Å². The fourth-order valence-electron chi connectivity index (χ4n) is 4.52. The molecule has 12 heteroatoms. The Kier molecular flexibility index (Phi) is 15.5. The van der Waals surface area contributed by atoms with Gasteiger partial charge in [-0.25, -0.2) is 14.4 Å². The van der Waals surface area contributed by atoms with E-state index in [2.05, 4.69) is 38.5 Å². The standard InChI is InChI=1S/C36H44IN3O8/c1-36(2,3)48-35(44)40-29(17-11-12-20-38-34(43)47-24-26-15-9-6-10-16-26)32(41)39-30(33(42)45-4)22-27-18-19-31(28(37)21-27)46-23-25-13-7-5-8-14-25/h5-10,13-16,18-19,21,29-30H,11-12,17,20,22-24H2,1-4H3,(H,38,43)(H,39,41)(H,40,44)/t29-,30-/m0/s1. The van der Waals surface area contributed by atoms with E-state index >= 15 is 0 Å². The first-order valence-corrected chi connectivity index (χ1v) is 16.8. The first-order chi connectivity index (χ1) is 22.9. The Labute approximate surface area is 295 Å². The van der Waals surface area contributed by atoms with Gasteiger partial charge in [0.2, 0.25) is 5.91 Å². The van der Waals surface area contributed by atoms with E-state index in [4.69, 9.17) is 18.9 Å². The van der Waals surface area contributed by atoms with Crippen molar-refractivity contribution in [2.75, 3.05) is 13.7 Å². The van der Waals surface area contributed by atoms with E-state index < -0.39 is 41.7 Å². The summed E-state index contributed by atoms with van der Waals surface area (Å²) in [7, 11) is 1.25. The number of amides is 3. The lowest BCUT2D eigenvalue weighted by Crippen LogP contribution is -2.53. The second kappa shape index (κ2) is 19.5. The molecule has 3 aromatic carbocycles. The number of carbonyl (C=O) groups excluding carboxylic acids is 4. The molecule has 0 fully saturated rings. The highest BCUT2D eigenvalue weighted by atomic mass is 127. The number of nitrogens with one attached hydrogen (secondary N) is 3. The van der Waals surface area contributed by atoms with Crippen LogP contribution in [0.25, 0.3) is 0 Å². The number of ether oxygens (including phenoxy) is 4. The fourth-order valence-corrected chi connectivity index (χ4v) is 5.26. The summed E-state index contributed by atoms with van der Waals surface area (Å²) in [5.41, 5.74) is 1.92. The topological polar surface area (TPSA) is 141 Å². The molecule has 0 aromatic heterocycles. The Morgan fingerprint density at radius 2 is 1.42 bits per heavy atom. The number of benzene rings is 3. The molecule has 3 amide bonds. The van der Waals surface area contributed by atoms with Gasteiger partial charge in [-0.3, -0.25) is 4.79 Å². The van der Waals surface area contributed by atoms with Crippen molar-refractivity contribution < 1.29 is 38.1 Å². The van der Waals surface area contributed by atoms with Gasteiger partial charge < -0.3 is 34.9 Å². The van der Waals surface area contributed by atoms with Gasteiger partial charge in [-0.1, -0.05) is 66.7 Å². The summed E-state index contributed by atoms with van der Waals surface area (Å²) in [5, 5.41) is 8.07. The number of unbranched alkanes of at least 4 members (excludes halogenated alkanes) is 1. The number of alkyl carbamates (subject to hydrolysis) is 2. The largest absolute Gasteiger partial charge is 0.488 e. The second-order valence-corrected chi connectivity index (χ2v) is 13.2. The van der Waals surface area contributed by atoms with Crippen molar-refractivity contribution in [3.63, 3.8) is 0 Å². The van der Waals surface area contributed by atoms with E-state index in [9.17, 15) is 19.2 Å². The number of halogens is 1. The molecular formula is C36H44IN3O8. The molecule has 0 spiro atoms. The van der Waals surface area contributed by atoms with Crippen LogP contribution in [0.2, 0.25) is 0 Å². The predicted molar refractivity (Wildman–Crippen MR) is 189 cm³/mol. The molecule has 48 heavy (non-hydrogen) atoms. The van der Waals surface area contributed by atoms with Gasteiger partial charge in [0.1, 0.15) is 36.6 Å². The number of rotatable bonds is 16. The Morgan fingerprint density at radius 1 is 0.771 bits per heavy atom. The third-order valence-corrected chi connectivity index (χ3v) is 7.73. The second-order valence-electron chi connectivity index (χ2n) is 12.0. The van der Waals surface area contributed by atoms with E-state index in [1.54, 1.807) is 20.8 Å². The third-order valence-electron chi connectivity index (χ3n) is 6.88. The number of esters is 1. The molecule has 3 aromatic rings. The highest BCUT2D eigenvalue weighted by Crippen LogP contribution is 2.24. The van der Waals surface area contributed by atoms with Gasteiger partial charge in [0.15, 0.2) is 0 Å². The molecule has 0 aliphatic rings. The van der Waals surface area contributed by atoms with E-state index in [1.807, 2.05) is 78.9 Å². The van der Waals surface area contributed by atoms with Crippen molar-refractivity contribution in [3.8, 4) is 5.75 Å². The molecule has 11 nitrogen and oxygen atoms in total. The first-order valence-electron chi connectivity index (χ1n) is 15.7. The van der Waals surface area contributed by atoms with Crippen molar-refractivity contribution in [2.45, 2.75) is 77.4 Å². The molecule has 0 aliphatic heterocycles. The number of hydrogen-bond acceptors (Lipinski definition) is 8. The van der Waals surface area contributed by atoms with Gasteiger partial charge >= 0.3 is 18.2 Å². The highest BCUT2D eigenvalue weighted by molar-refractivity contribution is 14.1. The quantitative estimate of drug-likeness (QED) is 0.0691. The van der Waals surface area contributed by atoms with E-state index in [-0.39, 0.29) is 19.4 Å². The first kappa shape index (κ1) is 38.1. The van der Waals surface area contributed by atoms with Crippen LogP contribution in [0.1, 0.15) is 56.7 Å². The van der Waals surface area contributed by atoms with Gasteiger partial charge in [0.05, 0.1) is 10.7 Å². The zero-order valence-electron chi connectivity index (χ0n) is 27.8. The van der Waals surface area contributed by atoms with Gasteiger partial charge in [-0.2, -0.15) is 0 Å². The van der Waals surface area contributed by atoms with Gasteiger partial charge in [0.25, 0.3) is 0 Å². The minimum atomic E-state index is -1.02. The number of methoxy groups -OCH3 is 1. The van der Waals surface area contributed by atoms with Crippen LogP contribution in [0.4, 0.5) is 9.59 Å². The van der Waals surface area contributed by atoms with Crippen LogP contribution < -0.4 is 20.7 Å². The Hall–Kier alpha value is -4.33. The average molecular weight is 774 g/mol. The zero-order valence-corrected chi connectivity index (χ0v) is 29.9. The minimum Gasteiger partial charge on any atom is -0.488 e. The molecule has 0 saturated carbocycles. The molecule has 0 unspecified atom stereocenters. The van der Waals surface area contributed by atoms with Gasteiger partial charge in [-0.05, 0) is 91.4 Å². The van der Waals surface area contributed by atoms with Crippen LogP contribution in [0, 0.1) is 3.57 Å². The number of hydrogen-bond donors (Lipinski definition) is 3. The van der Waals surface area contributed by atoms with Gasteiger partial charge in [0, 0.05) is 13.0 Å². The summed E-state index contributed by atoms with van der Waals surface area (Å²) >= 11 is 2.17. The molecule has 0 radical (unpaired) electrons. The summed E-state index contributed by atoms with van der Waals surface area (Å²) in [4.78, 5) is 51.0. The Bertz CT molecular complexity index is 1480. The highest BCUT2D eigenvalue weighted by Gasteiger charge is 2.29. The van der Waals surface area contributed by atoms with Crippen LogP contribution in [-0.4, -0.2) is 55.4 Å². The van der Waals surface area contributed by atoms with Crippen molar-refractivity contribution in [2.24, 2.45) is 0 Å². The Balaban J connectivity index is 1.58. The summed E-state index contributed by atoms with van der Waals surface area (Å²) in [6.45, 7) is 6.03. The maximum atomic E-state index is 13.5. The molecule has 0 saturated heterocycles. The Morgan fingerprint density at radius 3 is 2.02 bits per heavy atom. The summed E-state index contributed by atoms with van der Waals surface area (Å²) in [5.74, 6) is -0.497. The average Bonchev–Trinajstić information content (AvgIpc) is 3.05. The van der Waals surface area contributed by atoms with Crippen molar-refractivity contribution in [3.05, 3.63) is 99.1 Å². The van der Waals surface area contributed by atoms with Crippen LogP contribution >= 0.6 is 22.6 Å². The van der Waals surface area contributed by atoms with Crippen molar-refractivity contribution >= 4 is 46.7 Å². The van der Waals surface area contributed by atoms with Crippen molar-refractivity contribution in [1.82, 2.24) is 16.0 Å². The van der Waals surface area contributed by atoms with Crippen LogP contribution in [0.3, 0.4) is 0 Å². The van der Waals surface area contributed by atoms with E-state index in [0.717, 1.165) is 20.3 Å². The third kappa shape index (κ3) is 14.2. The SMILES string of the molecule is COC(=O)[C@H](Cc1ccc(OCc2ccccc2)c(I)c1)NC(=O)[C@H](CCCCNC(=O)OCc1ccccc1)NC(=O)OC(C)(C)C. The molecule has 0 bridgehead atoms. The summed E-state index contributed by atoms with van der Waals surface area (Å²) in [6.07, 6.45) is 0.0508. The molecule has 0 aliphatic carbocycles. The van der Waals surface area contributed by atoms with E-state index in [0.29, 0.717) is 31.7 Å². The lowest BCUT2D eigenvalue weighted by Gasteiger charge is -2.25. The fraction of sp³-hybridized carbons (Fsp3) is 0.389. The lowest BCUT2D eigenvalue weighted by atomic mass is 10.0. The maximum absolute atomic E-state index is 13.5. The minimum absolute atomic E-state index is 0.154. The smallest absolute Gasteiger partial charge is 0.408 e. The molecular weight excluding hydrogens is 729 g/mol. The van der Waals surface area contributed by atoms with Crippen LogP contribution in [-0.2, 0) is 43.4 Å². The molecule has 3 N–H and O–H groups in total. The van der Waals surface area contributed by atoms with Crippen LogP contribution in [0.15, 0.2) is 78.9 Å². The predicted octanol–water partition coefficient (Wildman–Crippen LogP) is 6.06. The maximum Gasteiger partial charge on any atom is 0.408 e. The molecule has 258 valence electrons. The monoisotopic (exact) mass is 773 g/mol. The normalized spacial score (nSPS) is 12.2. The summed E-state index contributed by atoms with van der Waals surface area (Å²) < 4.78 is 22.4. The molecule has 3 rings (SSSR count). The van der Waals surface area contributed by atoms with Gasteiger partial charge in [-0.15, -0.1) is 0 Å².